The Morgan fingerprint density at radius 1 is 0.853 bits per heavy atom. The molecular weight excluding hydrogens is 487 g/mol. The van der Waals surface area contributed by atoms with E-state index in [0.717, 1.165) is 16.7 Å². The van der Waals surface area contributed by atoms with Crippen molar-refractivity contribution >= 4 is 33.2 Å². The molecule has 34 heavy (non-hydrogen) atoms. The molecule has 0 unspecified atom stereocenters. The first-order valence-corrected chi connectivity index (χ1v) is 13.0. The lowest BCUT2D eigenvalue weighted by atomic mass is 9.93. The van der Waals surface area contributed by atoms with E-state index in [2.05, 4.69) is 6.58 Å². The van der Waals surface area contributed by atoms with E-state index >= 15 is 0 Å². The third-order valence-corrected chi connectivity index (χ3v) is 8.40. The highest BCUT2D eigenvalue weighted by Crippen LogP contribution is 2.53. The summed E-state index contributed by atoms with van der Waals surface area (Å²) in [5.41, 5.74) is 3.33. The number of halogens is 2. The molecule has 3 aromatic carbocycles. The Balaban J connectivity index is 1.77. The molecule has 1 saturated heterocycles. The van der Waals surface area contributed by atoms with Gasteiger partial charge in [-0.3, -0.25) is 0 Å². The lowest BCUT2D eigenvalue weighted by molar-refractivity contribution is 0.346. The highest BCUT2D eigenvalue weighted by atomic mass is 35.5. The van der Waals surface area contributed by atoms with Crippen molar-refractivity contribution in [3.63, 3.8) is 0 Å². The monoisotopic (exact) mass is 508 g/mol. The second-order valence-corrected chi connectivity index (χ2v) is 11.0. The predicted octanol–water partition coefficient (Wildman–Crippen LogP) is 7.02. The minimum absolute atomic E-state index is 0.240. The molecule has 1 fully saturated rings. The molecule has 5 rings (SSSR count). The van der Waals surface area contributed by atoms with Crippen LogP contribution in [0, 0.1) is 6.92 Å². The molecule has 2 aliphatic rings. The molecule has 4 nitrogen and oxygen atoms in total. The van der Waals surface area contributed by atoms with Gasteiger partial charge in [0.2, 0.25) is 0 Å². The quantitative estimate of drug-likeness (QED) is 0.380. The first kappa shape index (κ1) is 22.8. The number of sulfonamides is 1. The zero-order chi connectivity index (χ0) is 24.0. The maximum Gasteiger partial charge on any atom is 0.266 e. The number of fused-ring (bicyclic) bond motifs is 1. The number of hydrogen-bond donors (Lipinski definition) is 0. The van der Waals surface area contributed by atoms with Gasteiger partial charge in [-0.1, -0.05) is 72.3 Å². The Hall–Kier alpha value is -2.99. The maximum absolute atomic E-state index is 14.2. The number of hydrogen-bond acceptors (Lipinski definition) is 3. The predicted molar refractivity (Wildman–Crippen MR) is 137 cm³/mol. The molecule has 0 aliphatic carbocycles. The van der Waals surface area contributed by atoms with Crippen LogP contribution in [0.15, 0.2) is 114 Å². The zero-order valence-electron chi connectivity index (χ0n) is 18.4. The molecule has 7 heteroatoms. The summed E-state index contributed by atoms with van der Waals surface area (Å²) < 4.78 is 29.9. The van der Waals surface area contributed by atoms with Gasteiger partial charge in [-0.15, -0.1) is 0 Å². The van der Waals surface area contributed by atoms with Gasteiger partial charge in [-0.05, 0) is 72.2 Å². The minimum Gasteiger partial charge on any atom is -0.318 e. The highest BCUT2D eigenvalue weighted by Gasteiger charge is 2.51. The van der Waals surface area contributed by atoms with Crippen molar-refractivity contribution in [2.45, 2.75) is 23.9 Å². The van der Waals surface area contributed by atoms with Crippen LogP contribution in [0.5, 0.6) is 0 Å². The van der Waals surface area contributed by atoms with Gasteiger partial charge in [0.15, 0.2) is 0 Å². The Morgan fingerprint density at radius 3 is 2.03 bits per heavy atom. The summed E-state index contributed by atoms with van der Waals surface area (Å²) in [6.07, 6.45) is 5.53. The second kappa shape index (κ2) is 8.66. The molecule has 0 bridgehead atoms. The molecule has 0 saturated carbocycles. The van der Waals surface area contributed by atoms with E-state index in [4.69, 9.17) is 23.2 Å². The van der Waals surface area contributed by atoms with Gasteiger partial charge in [0, 0.05) is 15.7 Å². The van der Waals surface area contributed by atoms with Gasteiger partial charge in [-0.25, -0.2) is 12.7 Å². The molecule has 3 aromatic rings. The average molecular weight is 509 g/mol. The maximum atomic E-state index is 14.2. The van der Waals surface area contributed by atoms with Crippen LogP contribution in [0.1, 0.15) is 28.8 Å². The largest absolute Gasteiger partial charge is 0.318 e. The van der Waals surface area contributed by atoms with E-state index in [9.17, 15) is 8.42 Å². The third kappa shape index (κ3) is 3.84. The number of benzene rings is 3. The smallest absolute Gasteiger partial charge is 0.266 e. The zero-order valence-corrected chi connectivity index (χ0v) is 20.7. The van der Waals surface area contributed by atoms with Gasteiger partial charge < -0.3 is 4.90 Å². The van der Waals surface area contributed by atoms with E-state index in [0.29, 0.717) is 21.6 Å². The van der Waals surface area contributed by atoms with Crippen LogP contribution in [0.3, 0.4) is 0 Å². The highest BCUT2D eigenvalue weighted by molar-refractivity contribution is 7.89. The Bertz CT molecular complexity index is 1430. The fraction of sp³-hybridized carbons (Fsp3) is 0.111. The summed E-state index contributed by atoms with van der Waals surface area (Å²) in [5, 5.41) is 1.20. The second-order valence-electron chi connectivity index (χ2n) is 8.36. The van der Waals surface area contributed by atoms with Crippen LogP contribution in [0.4, 0.5) is 0 Å². The Kier molecular flexibility index (Phi) is 5.80. The van der Waals surface area contributed by atoms with E-state index in [-0.39, 0.29) is 10.9 Å². The number of aryl methyl sites for hydroxylation is 1. The number of rotatable bonds is 4. The van der Waals surface area contributed by atoms with E-state index < -0.39 is 16.1 Å². The molecule has 0 aromatic heterocycles. The van der Waals surface area contributed by atoms with Crippen molar-refractivity contribution in [2.75, 3.05) is 0 Å². The summed E-state index contributed by atoms with van der Waals surface area (Å²) in [5.74, 6) is 0.550. The SMILES string of the molecule is C=C1C=CC=C2N1[C@@H](c1ccc(Cl)cc1)[C@@H](c1ccc(Cl)cc1)N2S(=O)(=O)c1cccc(C)c1. The van der Waals surface area contributed by atoms with Crippen LogP contribution in [0.25, 0.3) is 0 Å². The normalized spacial score (nSPS) is 19.9. The van der Waals surface area contributed by atoms with Crippen molar-refractivity contribution in [1.82, 2.24) is 9.21 Å². The summed E-state index contributed by atoms with van der Waals surface area (Å²) in [6, 6.07) is 20.9. The summed E-state index contributed by atoms with van der Waals surface area (Å²) in [4.78, 5) is 2.22. The van der Waals surface area contributed by atoms with Gasteiger partial charge in [-0.2, -0.15) is 0 Å². The Labute approximate surface area is 210 Å². The number of nitrogens with zero attached hydrogens (tertiary/aromatic N) is 2. The first-order valence-electron chi connectivity index (χ1n) is 10.8. The minimum atomic E-state index is -3.92. The fourth-order valence-electron chi connectivity index (χ4n) is 4.60. The molecule has 0 spiro atoms. The van der Waals surface area contributed by atoms with E-state index in [1.807, 2.05) is 72.5 Å². The summed E-state index contributed by atoms with van der Waals surface area (Å²) in [6.45, 7) is 6.11. The average Bonchev–Trinajstić information content (AvgIpc) is 3.17. The molecular formula is C27H22Cl2N2O2S. The summed E-state index contributed by atoms with van der Waals surface area (Å²) in [7, 11) is -3.92. The van der Waals surface area contributed by atoms with Crippen LogP contribution in [0.2, 0.25) is 10.0 Å². The molecule has 0 radical (unpaired) electrons. The molecule has 2 atom stereocenters. The van der Waals surface area contributed by atoms with Crippen molar-refractivity contribution in [3.05, 3.63) is 136 Å². The lowest BCUT2D eigenvalue weighted by Crippen LogP contribution is -2.31. The van der Waals surface area contributed by atoms with Crippen LogP contribution in [-0.4, -0.2) is 17.6 Å². The first-order chi connectivity index (χ1) is 16.3. The van der Waals surface area contributed by atoms with Crippen molar-refractivity contribution < 1.29 is 8.42 Å². The van der Waals surface area contributed by atoms with Gasteiger partial charge >= 0.3 is 0 Å². The molecule has 0 amide bonds. The van der Waals surface area contributed by atoms with Crippen molar-refractivity contribution in [3.8, 4) is 0 Å². The van der Waals surface area contributed by atoms with E-state index in [1.54, 1.807) is 30.3 Å². The van der Waals surface area contributed by atoms with E-state index in [1.165, 1.54) is 4.31 Å². The lowest BCUT2D eigenvalue weighted by Gasteiger charge is -2.30. The van der Waals surface area contributed by atoms with Crippen LogP contribution < -0.4 is 0 Å². The van der Waals surface area contributed by atoms with Crippen LogP contribution >= 0.6 is 23.2 Å². The number of allylic oxidation sites excluding steroid dienone is 3. The standard InChI is InChI=1S/C27H22Cl2N2O2S/c1-18-5-3-7-24(17-18)34(32,33)31-25-8-4-6-19(2)30(25)26(20-9-13-22(28)14-10-20)27(31)21-11-15-23(29)16-12-21/h3-17,26-27H,2H2,1H3/t26-,27+/m0/s1. The third-order valence-electron chi connectivity index (χ3n) is 6.12. The van der Waals surface area contributed by atoms with Crippen molar-refractivity contribution in [2.24, 2.45) is 0 Å². The van der Waals surface area contributed by atoms with Crippen LogP contribution in [-0.2, 0) is 10.0 Å². The van der Waals surface area contributed by atoms with Gasteiger partial charge in [0.05, 0.1) is 17.0 Å². The fourth-order valence-corrected chi connectivity index (χ4v) is 6.59. The summed E-state index contributed by atoms with van der Waals surface area (Å²) >= 11 is 12.4. The topological polar surface area (TPSA) is 40.6 Å². The molecule has 0 N–H and O–H groups in total. The Morgan fingerprint density at radius 2 is 1.44 bits per heavy atom. The molecule has 172 valence electrons. The molecule has 2 aliphatic heterocycles. The molecule has 2 heterocycles. The van der Waals surface area contributed by atoms with Gasteiger partial charge in [0.25, 0.3) is 10.0 Å². The van der Waals surface area contributed by atoms with Gasteiger partial charge in [0.1, 0.15) is 5.82 Å². The van der Waals surface area contributed by atoms with Crippen molar-refractivity contribution in [1.29, 1.82) is 0 Å².